The van der Waals surface area contributed by atoms with Gasteiger partial charge in [-0.2, -0.15) is 5.26 Å². The Balaban J connectivity index is 2.10. The Morgan fingerprint density at radius 1 is 1.28 bits per heavy atom. The van der Waals surface area contributed by atoms with Crippen LogP contribution in [0, 0.1) is 23.2 Å². The molecule has 0 aliphatic carbocycles. The monoisotopic (exact) mass is 362 g/mol. The zero-order valence-corrected chi connectivity index (χ0v) is 15.1. The Kier molecular flexibility index (Phi) is 5.82. The Hall–Kier alpha value is -2.37. The van der Waals surface area contributed by atoms with E-state index >= 15 is 0 Å². The average Bonchev–Trinajstić information content (AvgIpc) is 2.51. The lowest BCUT2D eigenvalue weighted by Crippen LogP contribution is -2.35. The molecule has 134 valence electrons. The van der Waals surface area contributed by atoms with Gasteiger partial charge >= 0.3 is 0 Å². The van der Waals surface area contributed by atoms with Crippen molar-refractivity contribution >= 4 is 21.6 Å². The number of rotatable bonds is 4. The van der Waals surface area contributed by atoms with Gasteiger partial charge in [0.15, 0.2) is 0 Å². The van der Waals surface area contributed by atoms with Gasteiger partial charge in [-0.25, -0.2) is 13.6 Å². The van der Waals surface area contributed by atoms with Crippen molar-refractivity contribution in [2.75, 3.05) is 18.4 Å². The number of carbonyl (C=O) groups is 1. The van der Waals surface area contributed by atoms with Gasteiger partial charge in [0, 0.05) is 25.0 Å². The number of nitrogens with one attached hydrogen (secondary N) is 1. The first-order valence-electron chi connectivity index (χ1n) is 7.99. The van der Waals surface area contributed by atoms with Crippen molar-refractivity contribution in [3.63, 3.8) is 0 Å². The molecule has 1 amide bonds. The minimum absolute atomic E-state index is 0.0109. The maximum atomic E-state index is 12.3. The molecule has 1 saturated heterocycles. The second-order valence-electron chi connectivity index (χ2n) is 6.58. The summed E-state index contributed by atoms with van der Waals surface area (Å²) in [5.74, 6) is 0.485. The Morgan fingerprint density at radius 3 is 2.32 bits per heavy atom. The highest BCUT2D eigenvalue weighted by molar-refractivity contribution is 7.89. The molecule has 1 aromatic rings. The van der Waals surface area contributed by atoms with Gasteiger partial charge in [-0.15, -0.1) is 0 Å². The first-order valence-corrected chi connectivity index (χ1v) is 9.54. The summed E-state index contributed by atoms with van der Waals surface area (Å²) in [6, 6.07) is 7.38. The van der Waals surface area contributed by atoms with Crippen molar-refractivity contribution < 1.29 is 13.2 Å². The van der Waals surface area contributed by atoms with Crippen LogP contribution in [0.3, 0.4) is 0 Å². The number of primary sulfonamides is 1. The van der Waals surface area contributed by atoms with Gasteiger partial charge in [-0.05, 0) is 42.5 Å². The molecule has 1 aliphatic heterocycles. The Labute approximate surface area is 148 Å². The summed E-state index contributed by atoms with van der Waals surface area (Å²) < 4.78 is 22.5. The van der Waals surface area contributed by atoms with Crippen LogP contribution in [0.4, 0.5) is 5.69 Å². The fourth-order valence-electron chi connectivity index (χ4n) is 3.06. The van der Waals surface area contributed by atoms with Crippen LogP contribution in [0.1, 0.15) is 20.3 Å². The molecule has 1 heterocycles. The predicted octanol–water partition coefficient (Wildman–Crippen LogP) is 1.66. The topological polar surface area (TPSA) is 116 Å². The second kappa shape index (κ2) is 7.68. The van der Waals surface area contributed by atoms with Crippen LogP contribution < -0.4 is 10.5 Å². The first kappa shape index (κ1) is 19.0. The van der Waals surface area contributed by atoms with E-state index in [0.717, 1.165) is 19.5 Å². The minimum Gasteiger partial charge on any atom is -0.376 e. The molecule has 0 aromatic heterocycles. The van der Waals surface area contributed by atoms with E-state index in [2.05, 4.69) is 19.2 Å². The molecule has 0 saturated carbocycles. The van der Waals surface area contributed by atoms with E-state index in [1.807, 2.05) is 11.0 Å². The summed E-state index contributed by atoms with van der Waals surface area (Å²) in [7, 11) is -3.78. The van der Waals surface area contributed by atoms with Crippen LogP contribution in [0.5, 0.6) is 0 Å². The molecule has 2 atom stereocenters. The van der Waals surface area contributed by atoms with Crippen molar-refractivity contribution in [2.24, 2.45) is 17.0 Å². The largest absolute Gasteiger partial charge is 0.376 e. The van der Waals surface area contributed by atoms with Gasteiger partial charge in [0.1, 0.15) is 11.6 Å². The summed E-state index contributed by atoms with van der Waals surface area (Å²) in [5.41, 5.74) is 0.399. The van der Waals surface area contributed by atoms with Crippen LogP contribution in [-0.2, 0) is 14.8 Å². The van der Waals surface area contributed by atoms with Crippen LogP contribution in [0.15, 0.2) is 40.9 Å². The lowest BCUT2D eigenvalue weighted by atomic mass is 9.92. The van der Waals surface area contributed by atoms with E-state index in [-0.39, 0.29) is 10.5 Å². The van der Waals surface area contributed by atoms with Crippen molar-refractivity contribution in [2.45, 2.75) is 25.2 Å². The molecule has 0 radical (unpaired) electrons. The Bertz CT molecular complexity index is 799. The number of likely N-dealkylation sites (tertiary alicyclic amines) is 1. The number of anilines is 1. The zero-order valence-electron chi connectivity index (χ0n) is 14.3. The molecule has 1 fully saturated rings. The molecule has 1 aromatic carbocycles. The fourth-order valence-corrected chi connectivity index (χ4v) is 3.58. The number of hydrogen-bond acceptors (Lipinski definition) is 5. The number of piperidine rings is 1. The van der Waals surface area contributed by atoms with E-state index in [1.54, 1.807) is 6.20 Å². The Morgan fingerprint density at radius 2 is 1.84 bits per heavy atom. The van der Waals surface area contributed by atoms with Gasteiger partial charge in [0.25, 0.3) is 5.91 Å². The molecular weight excluding hydrogens is 340 g/mol. The third-order valence-corrected chi connectivity index (χ3v) is 4.94. The summed E-state index contributed by atoms with van der Waals surface area (Å²) in [5, 5.41) is 16.9. The fraction of sp³-hybridized carbons (Fsp3) is 0.412. The third-order valence-electron chi connectivity index (χ3n) is 4.01. The predicted molar refractivity (Wildman–Crippen MR) is 94.7 cm³/mol. The number of carbonyl (C=O) groups excluding carboxylic acids is 1. The molecular formula is C17H22N4O3S. The first-order chi connectivity index (χ1) is 11.7. The minimum atomic E-state index is -3.78. The van der Waals surface area contributed by atoms with Gasteiger partial charge < -0.3 is 10.2 Å². The number of sulfonamides is 1. The van der Waals surface area contributed by atoms with Gasteiger partial charge in [-0.1, -0.05) is 13.8 Å². The highest BCUT2D eigenvalue weighted by Crippen LogP contribution is 2.22. The van der Waals surface area contributed by atoms with Crippen LogP contribution in [0.2, 0.25) is 0 Å². The molecule has 0 spiro atoms. The molecule has 0 bridgehead atoms. The van der Waals surface area contributed by atoms with Crippen molar-refractivity contribution in [3.05, 3.63) is 36.0 Å². The molecule has 25 heavy (non-hydrogen) atoms. The SMILES string of the molecule is CC1CC(C)CN(/C=C(/C#N)C(=O)Nc2ccc(S(N)(=O)=O)cc2)C1. The number of hydrogen-bond donors (Lipinski definition) is 2. The number of benzene rings is 1. The van der Waals surface area contributed by atoms with Gasteiger partial charge in [-0.3, -0.25) is 4.79 Å². The van der Waals surface area contributed by atoms with E-state index in [9.17, 15) is 18.5 Å². The van der Waals surface area contributed by atoms with Gasteiger partial charge in [0.2, 0.25) is 10.0 Å². The average molecular weight is 362 g/mol. The van der Waals surface area contributed by atoms with E-state index in [4.69, 9.17) is 5.14 Å². The normalized spacial score (nSPS) is 21.5. The van der Waals surface area contributed by atoms with E-state index in [0.29, 0.717) is 17.5 Å². The molecule has 1 aliphatic rings. The molecule has 2 unspecified atom stereocenters. The van der Waals surface area contributed by atoms with Crippen LogP contribution in [-0.4, -0.2) is 32.3 Å². The second-order valence-corrected chi connectivity index (χ2v) is 8.14. The third kappa shape index (κ3) is 5.31. The zero-order chi connectivity index (χ0) is 18.6. The summed E-state index contributed by atoms with van der Waals surface area (Å²) >= 11 is 0. The molecule has 3 N–H and O–H groups in total. The summed E-state index contributed by atoms with van der Waals surface area (Å²) in [6.45, 7) is 5.92. The summed E-state index contributed by atoms with van der Waals surface area (Å²) in [6.07, 6.45) is 2.73. The summed E-state index contributed by atoms with van der Waals surface area (Å²) in [4.78, 5) is 14.2. The maximum absolute atomic E-state index is 12.3. The maximum Gasteiger partial charge on any atom is 0.267 e. The quantitative estimate of drug-likeness (QED) is 0.624. The highest BCUT2D eigenvalue weighted by atomic mass is 32.2. The van der Waals surface area contributed by atoms with E-state index in [1.165, 1.54) is 24.3 Å². The highest BCUT2D eigenvalue weighted by Gasteiger charge is 2.21. The molecule has 2 rings (SSSR count). The van der Waals surface area contributed by atoms with Crippen LogP contribution in [0.25, 0.3) is 0 Å². The standard InChI is InChI=1S/C17H22N4O3S/c1-12-7-13(2)10-21(9-12)11-14(8-18)17(22)20-15-3-5-16(6-4-15)25(19,23)24/h3-6,11-13H,7,9-10H2,1-2H3,(H,20,22)(H2,19,23,24)/b14-11-. The number of nitrogens with zero attached hydrogens (tertiary/aromatic N) is 2. The molecule has 8 heteroatoms. The molecule has 7 nitrogen and oxygen atoms in total. The smallest absolute Gasteiger partial charge is 0.267 e. The van der Waals surface area contributed by atoms with Crippen molar-refractivity contribution in [1.29, 1.82) is 5.26 Å². The number of amides is 1. The van der Waals surface area contributed by atoms with Gasteiger partial charge in [0.05, 0.1) is 4.90 Å². The van der Waals surface area contributed by atoms with Crippen molar-refractivity contribution in [1.82, 2.24) is 4.90 Å². The number of nitrogens with two attached hydrogens (primary N) is 1. The van der Waals surface area contributed by atoms with E-state index < -0.39 is 15.9 Å². The van der Waals surface area contributed by atoms with Crippen molar-refractivity contribution in [3.8, 4) is 6.07 Å². The lowest BCUT2D eigenvalue weighted by molar-refractivity contribution is -0.112. The number of nitriles is 1. The van der Waals surface area contributed by atoms with Crippen LogP contribution >= 0.6 is 0 Å². The lowest BCUT2D eigenvalue weighted by Gasteiger charge is -2.34.